The highest BCUT2D eigenvalue weighted by Gasteiger charge is 2.50. The summed E-state index contributed by atoms with van der Waals surface area (Å²) < 4.78 is 48.3. The number of anilines is 1. The molecular formula is C37H46ClN3O6S. The predicted molar refractivity (Wildman–Crippen MR) is 188 cm³/mol. The zero-order valence-electron chi connectivity index (χ0n) is 28.0. The molecule has 1 saturated carbocycles. The van der Waals surface area contributed by atoms with Crippen molar-refractivity contribution in [3.63, 3.8) is 0 Å². The van der Waals surface area contributed by atoms with E-state index in [0.717, 1.165) is 49.4 Å². The summed E-state index contributed by atoms with van der Waals surface area (Å²) in [6.45, 7) is 6.70. The topological polar surface area (TPSA) is 107 Å². The maximum absolute atomic E-state index is 13.5. The molecular weight excluding hydrogens is 650 g/mol. The molecule has 1 N–H and O–H groups in total. The van der Waals surface area contributed by atoms with Crippen LogP contribution in [0.2, 0.25) is 5.02 Å². The van der Waals surface area contributed by atoms with Crippen LogP contribution in [0.3, 0.4) is 0 Å². The largest absolute Gasteiger partial charge is 0.490 e. The fourth-order valence-corrected chi connectivity index (χ4v) is 10.0. The second kappa shape index (κ2) is 13.0. The Hall–Kier alpha value is -3.08. The van der Waals surface area contributed by atoms with Gasteiger partial charge in [0.1, 0.15) is 12.4 Å². The Kier molecular flexibility index (Phi) is 9.04. The highest BCUT2D eigenvalue weighted by atomic mass is 35.5. The summed E-state index contributed by atoms with van der Waals surface area (Å²) in [5.74, 6) is 0.998. The lowest BCUT2D eigenvalue weighted by Gasteiger charge is -2.50. The molecule has 0 radical (unpaired) electrons. The van der Waals surface area contributed by atoms with E-state index in [0.29, 0.717) is 50.8 Å². The fraction of sp³-hybridized carbons (Fsp3) is 0.568. The van der Waals surface area contributed by atoms with Crippen LogP contribution in [0.5, 0.6) is 5.75 Å². The monoisotopic (exact) mass is 695 g/mol. The van der Waals surface area contributed by atoms with Crippen LogP contribution in [0.15, 0.2) is 53.5 Å². The maximum Gasteiger partial charge on any atom is 0.264 e. The number of benzene rings is 2. The van der Waals surface area contributed by atoms with Crippen molar-refractivity contribution in [2.75, 3.05) is 44.9 Å². The van der Waals surface area contributed by atoms with E-state index in [2.05, 4.69) is 38.9 Å². The Bertz CT molecular complexity index is 1750. The Labute approximate surface area is 289 Å². The molecule has 2 aliphatic carbocycles. The predicted octanol–water partition coefficient (Wildman–Crippen LogP) is 6.09. The van der Waals surface area contributed by atoms with Crippen molar-refractivity contribution in [1.82, 2.24) is 4.72 Å². The molecule has 0 aromatic heterocycles. The van der Waals surface area contributed by atoms with Crippen LogP contribution in [0.25, 0.3) is 0 Å². The van der Waals surface area contributed by atoms with Gasteiger partial charge in [-0.05, 0) is 105 Å². The van der Waals surface area contributed by atoms with Crippen molar-refractivity contribution in [1.29, 1.82) is 0 Å². The average Bonchev–Trinajstić information content (AvgIpc) is 3.51. The lowest BCUT2D eigenvalue weighted by Crippen LogP contribution is -2.53. The van der Waals surface area contributed by atoms with E-state index in [9.17, 15) is 13.2 Å². The van der Waals surface area contributed by atoms with Gasteiger partial charge in [-0.15, -0.1) is 0 Å². The Morgan fingerprint density at radius 3 is 2.75 bits per heavy atom. The highest BCUT2D eigenvalue weighted by molar-refractivity contribution is 7.90. The number of fused-ring (bicyclic) bond motifs is 4. The molecule has 0 saturated heterocycles. The number of ether oxygens (including phenoxy) is 3. The molecule has 5 aliphatic rings. The van der Waals surface area contributed by atoms with Crippen LogP contribution in [0.1, 0.15) is 73.9 Å². The number of nitrogens with zero attached hydrogens (tertiary/aromatic N) is 2. The lowest BCUT2D eigenvalue weighted by molar-refractivity contribution is -0.0722. The van der Waals surface area contributed by atoms with Crippen LogP contribution >= 0.6 is 11.6 Å². The van der Waals surface area contributed by atoms with E-state index in [1.54, 1.807) is 20.1 Å². The van der Waals surface area contributed by atoms with Crippen molar-refractivity contribution in [3.05, 3.63) is 70.3 Å². The molecule has 2 bridgehead atoms. The molecule has 6 atom stereocenters. The molecule has 0 unspecified atom stereocenters. The van der Waals surface area contributed by atoms with Crippen molar-refractivity contribution in [2.24, 2.45) is 22.7 Å². The van der Waals surface area contributed by atoms with Crippen LogP contribution in [0.4, 0.5) is 5.69 Å². The normalized spacial score (nSPS) is 33.5. The number of nitrogens with one attached hydrogen (secondary N) is 1. The van der Waals surface area contributed by atoms with Crippen LogP contribution in [0, 0.1) is 17.8 Å². The minimum absolute atomic E-state index is 0.183. The number of sulfonamides is 1. The number of amides is 1. The molecule has 1 amide bonds. The van der Waals surface area contributed by atoms with Crippen molar-refractivity contribution in [2.45, 2.75) is 75.1 Å². The fourth-order valence-electron chi connectivity index (χ4n) is 8.56. The molecule has 3 aliphatic heterocycles. The van der Waals surface area contributed by atoms with Crippen molar-refractivity contribution < 1.29 is 27.4 Å². The van der Waals surface area contributed by atoms with Gasteiger partial charge in [0.2, 0.25) is 10.0 Å². The first-order valence-corrected chi connectivity index (χ1v) is 19.2. The summed E-state index contributed by atoms with van der Waals surface area (Å²) in [4.78, 5) is 20.6. The number of halogens is 1. The summed E-state index contributed by atoms with van der Waals surface area (Å²) >= 11 is 6.46. The number of hydrogen-bond acceptors (Lipinski definition) is 8. The van der Waals surface area contributed by atoms with E-state index in [-0.39, 0.29) is 28.7 Å². The molecule has 2 aromatic carbocycles. The summed E-state index contributed by atoms with van der Waals surface area (Å²) in [6.07, 6.45) is 10.2. The van der Waals surface area contributed by atoms with Gasteiger partial charge in [0.05, 0.1) is 36.1 Å². The number of carbonyl (C=O) groups is 1. The number of hydrogen-bond donors (Lipinski definition) is 1. The third kappa shape index (κ3) is 6.13. The number of allylic oxidation sites excluding steroid dienone is 1. The quantitative estimate of drug-likeness (QED) is 0.388. The van der Waals surface area contributed by atoms with Gasteiger partial charge in [-0.3, -0.25) is 9.79 Å². The number of methoxy groups -OCH3 is 1. The molecule has 2 aromatic rings. The van der Waals surface area contributed by atoms with Gasteiger partial charge in [-0.1, -0.05) is 36.7 Å². The van der Waals surface area contributed by atoms with Crippen LogP contribution in [-0.2, 0) is 31.3 Å². The first-order chi connectivity index (χ1) is 23.0. The lowest BCUT2D eigenvalue weighted by atomic mass is 9.63. The first kappa shape index (κ1) is 33.4. The third-order valence-corrected chi connectivity index (χ3v) is 13.8. The van der Waals surface area contributed by atoms with Gasteiger partial charge in [0.15, 0.2) is 5.90 Å². The Morgan fingerprint density at radius 2 is 2.00 bits per heavy atom. The van der Waals surface area contributed by atoms with Gasteiger partial charge in [0.25, 0.3) is 5.91 Å². The highest BCUT2D eigenvalue weighted by Crippen LogP contribution is 2.50. The second-order valence-electron chi connectivity index (χ2n) is 14.5. The Balaban J connectivity index is 1.33. The van der Waals surface area contributed by atoms with Crippen molar-refractivity contribution in [3.8, 4) is 5.75 Å². The summed E-state index contributed by atoms with van der Waals surface area (Å²) in [6, 6.07) is 11.5. The van der Waals surface area contributed by atoms with Gasteiger partial charge < -0.3 is 19.1 Å². The van der Waals surface area contributed by atoms with Gasteiger partial charge >= 0.3 is 0 Å². The molecule has 9 nitrogen and oxygen atoms in total. The smallest absolute Gasteiger partial charge is 0.264 e. The zero-order chi connectivity index (χ0) is 33.7. The maximum atomic E-state index is 13.5. The van der Waals surface area contributed by atoms with E-state index in [4.69, 9.17) is 25.8 Å². The molecule has 11 heteroatoms. The molecule has 1 spiro atoms. The van der Waals surface area contributed by atoms with Gasteiger partial charge in [0, 0.05) is 36.2 Å². The zero-order valence-corrected chi connectivity index (χ0v) is 29.6. The van der Waals surface area contributed by atoms with Gasteiger partial charge in [-0.2, -0.15) is 0 Å². The minimum Gasteiger partial charge on any atom is -0.490 e. The molecule has 48 heavy (non-hydrogen) atoms. The van der Waals surface area contributed by atoms with E-state index >= 15 is 0 Å². The number of carbonyl (C=O) groups excluding carboxylic acids is 1. The van der Waals surface area contributed by atoms with E-state index in [1.165, 1.54) is 11.1 Å². The first-order valence-electron chi connectivity index (χ1n) is 17.3. The number of aryl methyl sites for hydroxylation is 1. The summed E-state index contributed by atoms with van der Waals surface area (Å²) in [5.41, 5.74) is 2.68. The molecule has 258 valence electrons. The minimum atomic E-state index is -3.96. The second-order valence-corrected chi connectivity index (χ2v) is 17.0. The summed E-state index contributed by atoms with van der Waals surface area (Å²) in [5, 5.41) is -0.0598. The molecule has 3 heterocycles. The van der Waals surface area contributed by atoms with E-state index < -0.39 is 26.8 Å². The SMILES string of the molecule is CO[C@@]1(CC2=NCCO2)/C=C\C[C@H](C)[C@@H](C)S(=O)(=O)NC(=O)c2ccc3c(c2)N(C[C@@H]2CC[C@H]21)C[C@@]1(CCCc2cc(Cl)ccc21)CO3. The number of rotatable bonds is 3. The summed E-state index contributed by atoms with van der Waals surface area (Å²) in [7, 11) is -2.19. The van der Waals surface area contributed by atoms with Crippen molar-refractivity contribution >= 4 is 39.1 Å². The van der Waals surface area contributed by atoms with E-state index in [1.807, 2.05) is 25.1 Å². The van der Waals surface area contributed by atoms with Gasteiger partial charge in [-0.25, -0.2) is 13.1 Å². The third-order valence-electron chi connectivity index (χ3n) is 11.7. The number of aliphatic imine (C=N–C) groups is 1. The Morgan fingerprint density at radius 1 is 1.15 bits per heavy atom. The van der Waals surface area contributed by atoms with Crippen LogP contribution < -0.4 is 14.4 Å². The average molecular weight is 696 g/mol. The standard InChI is InChI=1S/C37H46ClN3O6S/c1-24-6-4-15-37(45-3,20-34-39-16-17-46-34)31-11-8-28(31)21-41-22-36(14-5-7-26-18-29(38)10-12-30(26)36)23-47-33-13-9-27(19-32(33)41)35(42)40-48(43,44)25(24)2/h4,9-10,12-13,15,18-19,24-25,28,31H,5-8,11,14,16-17,20-23H2,1-3H3,(H,40,42)/b15-4-/t24-,25+,28-,31+,36-,37+/m0/s1. The molecule has 1 fully saturated rings. The van der Waals surface area contributed by atoms with Crippen LogP contribution in [-0.4, -0.2) is 71.0 Å². The molecule has 7 rings (SSSR count).